The number of carbonyl (C=O) groups is 1. The van der Waals surface area contributed by atoms with Gasteiger partial charge in [0.1, 0.15) is 4.32 Å². The van der Waals surface area contributed by atoms with Gasteiger partial charge >= 0.3 is 0 Å². The standard InChI is InChI=1S/C18H14N2O3S2/c1-12-6-8-13(9-7-12)11-19-17(21)16(25-18(19)24)10-14-4-2-3-5-15(14)20(22)23/h2-10H,11H2,1H3/b16-10-. The zero-order valence-corrected chi connectivity index (χ0v) is 15.0. The van der Waals surface area contributed by atoms with E-state index in [1.54, 1.807) is 18.2 Å². The second kappa shape index (κ2) is 7.16. The van der Waals surface area contributed by atoms with Crippen LogP contribution in [0.4, 0.5) is 5.69 Å². The van der Waals surface area contributed by atoms with Gasteiger partial charge in [-0.25, -0.2) is 0 Å². The number of nitro benzene ring substituents is 1. The maximum absolute atomic E-state index is 12.7. The van der Waals surface area contributed by atoms with E-state index in [2.05, 4.69) is 0 Å². The number of thioether (sulfide) groups is 1. The van der Waals surface area contributed by atoms with Crippen LogP contribution in [0.1, 0.15) is 16.7 Å². The Labute approximate surface area is 154 Å². The van der Waals surface area contributed by atoms with E-state index in [0.29, 0.717) is 21.3 Å². The van der Waals surface area contributed by atoms with Crippen LogP contribution in [-0.2, 0) is 11.3 Å². The first-order valence-corrected chi connectivity index (χ1v) is 8.72. The lowest BCUT2D eigenvalue weighted by atomic mass is 10.1. The van der Waals surface area contributed by atoms with E-state index < -0.39 is 4.92 Å². The van der Waals surface area contributed by atoms with E-state index in [1.807, 2.05) is 31.2 Å². The van der Waals surface area contributed by atoms with Crippen LogP contribution >= 0.6 is 24.0 Å². The highest BCUT2D eigenvalue weighted by molar-refractivity contribution is 8.26. The van der Waals surface area contributed by atoms with Crippen molar-refractivity contribution in [2.24, 2.45) is 0 Å². The molecular formula is C18H14N2O3S2. The van der Waals surface area contributed by atoms with E-state index >= 15 is 0 Å². The highest BCUT2D eigenvalue weighted by Gasteiger charge is 2.32. The summed E-state index contributed by atoms with van der Waals surface area (Å²) in [6.45, 7) is 2.39. The molecule has 2 aromatic rings. The van der Waals surface area contributed by atoms with Crippen molar-refractivity contribution in [3.8, 4) is 0 Å². The Morgan fingerprint density at radius 3 is 2.56 bits per heavy atom. The summed E-state index contributed by atoms with van der Waals surface area (Å²) in [5.41, 5.74) is 2.48. The lowest BCUT2D eigenvalue weighted by Crippen LogP contribution is -2.27. The molecule has 1 heterocycles. The predicted octanol–water partition coefficient (Wildman–Crippen LogP) is 4.30. The summed E-state index contributed by atoms with van der Waals surface area (Å²) in [5.74, 6) is -0.228. The third-order valence-electron chi connectivity index (χ3n) is 3.75. The molecule has 0 unspecified atom stereocenters. The van der Waals surface area contributed by atoms with Crippen molar-refractivity contribution in [1.29, 1.82) is 0 Å². The first kappa shape index (κ1) is 17.3. The fourth-order valence-corrected chi connectivity index (χ4v) is 3.68. The molecule has 1 fully saturated rings. The van der Waals surface area contributed by atoms with E-state index in [0.717, 1.165) is 11.1 Å². The molecule has 25 heavy (non-hydrogen) atoms. The second-order valence-corrected chi connectivity index (χ2v) is 7.25. The van der Waals surface area contributed by atoms with Crippen molar-refractivity contribution in [2.45, 2.75) is 13.5 Å². The van der Waals surface area contributed by atoms with Crippen molar-refractivity contribution >= 4 is 46.0 Å². The highest BCUT2D eigenvalue weighted by atomic mass is 32.2. The van der Waals surface area contributed by atoms with Gasteiger partial charge in [0.2, 0.25) is 0 Å². The Hall–Kier alpha value is -2.51. The smallest absolute Gasteiger partial charge is 0.276 e. The highest BCUT2D eigenvalue weighted by Crippen LogP contribution is 2.35. The van der Waals surface area contributed by atoms with Gasteiger partial charge < -0.3 is 0 Å². The van der Waals surface area contributed by atoms with Crippen LogP contribution in [0.5, 0.6) is 0 Å². The molecule has 0 spiro atoms. The monoisotopic (exact) mass is 370 g/mol. The summed E-state index contributed by atoms with van der Waals surface area (Å²) < 4.78 is 0.454. The number of nitro groups is 1. The minimum Gasteiger partial charge on any atom is -0.288 e. The van der Waals surface area contributed by atoms with Crippen molar-refractivity contribution in [3.63, 3.8) is 0 Å². The van der Waals surface area contributed by atoms with Gasteiger partial charge in [-0.05, 0) is 24.6 Å². The number of thiocarbonyl (C=S) groups is 1. The quantitative estimate of drug-likeness (QED) is 0.347. The van der Waals surface area contributed by atoms with Crippen LogP contribution in [0, 0.1) is 17.0 Å². The summed E-state index contributed by atoms with van der Waals surface area (Å²) in [6, 6.07) is 14.2. The van der Waals surface area contributed by atoms with Gasteiger partial charge in [0.15, 0.2) is 0 Å². The largest absolute Gasteiger partial charge is 0.288 e. The number of para-hydroxylation sites is 1. The van der Waals surface area contributed by atoms with Crippen molar-refractivity contribution < 1.29 is 9.72 Å². The molecule has 0 radical (unpaired) electrons. The lowest BCUT2D eigenvalue weighted by molar-refractivity contribution is -0.385. The summed E-state index contributed by atoms with van der Waals surface area (Å²) in [6.07, 6.45) is 1.53. The molecule has 1 aliphatic heterocycles. The maximum Gasteiger partial charge on any atom is 0.276 e. The van der Waals surface area contributed by atoms with Gasteiger partial charge in [-0.2, -0.15) is 0 Å². The third-order valence-corrected chi connectivity index (χ3v) is 5.13. The molecular weight excluding hydrogens is 356 g/mol. The van der Waals surface area contributed by atoms with Crippen LogP contribution in [0.2, 0.25) is 0 Å². The van der Waals surface area contributed by atoms with Gasteiger partial charge in [0.25, 0.3) is 11.6 Å². The van der Waals surface area contributed by atoms with E-state index in [-0.39, 0.29) is 11.6 Å². The molecule has 1 amide bonds. The first-order chi connectivity index (χ1) is 12.0. The SMILES string of the molecule is Cc1ccc(CN2C(=O)/C(=C/c3ccccc3[N+](=O)[O-])SC2=S)cc1. The zero-order chi connectivity index (χ0) is 18.0. The van der Waals surface area contributed by atoms with Gasteiger partial charge in [0, 0.05) is 6.07 Å². The Kier molecular flexibility index (Phi) is 4.96. The number of carbonyl (C=O) groups excluding carboxylic acids is 1. The van der Waals surface area contributed by atoms with Gasteiger partial charge in [-0.15, -0.1) is 0 Å². The molecule has 1 saturated heterocycles. The summed E-state index contributed by atoms with van der Waals surface area (Å²) in [7, 11) is 0. The van der Waals surface area contributed by atoms with Crippen LogP contribution in [0.3, 0.4) is 0 Å². The number of amides is 1. The Morgan fingerprint density at radius 1 is 1.20 bits per heavy atom. The number of aryl methyl sites for hydroxylation is 1. The molecule has 0 saturated carbocycles. The Balaban J connectivity index is 1.86. The summed E-state index contributed by atoms with van der Waals surface area (Å²) in [5, 5.41) is 11.1. The fourth-order valence-electron chi connectivity index (χ4n) is 2.43. The summed E-state index contributed by atoms with van der Waals surface area (Å²) in [4.78, 5) is 25.2. The number of hydrogen-bond donors (Lipinski definition) is 0. The van der Waals surface area contributed by atoms with Gasteiger partial charge in [0.05, 0.1) is 21.9 Å². The predicted molar refractivity (Wildman–Crippen MR) is 103 cm³/mol. The molecule has 1 aliphatic rings. The molecule has 2 aromatic carbocycles. The molecule has 5 nitrogen and oxygen atoms in total. The third kappa shape index (κ3) is 3.78. The van der Waals surface area contributed by atoms with Crippen LogP contribution in [0.25, 0.3) is 6.08 Å². The molecule has 0 N–H and O–H groups in total. The van der Waals surface area contributed by atoms with Gasteiger partial charge in [-0.3, -0.25) is 19.8 Å². The van der Waals surface area contributed by atoms with Crippen LogP contribution < -0.4 is 0 Å². The second-order valence-electron chi connectivity index (χ2n) is 5.57. The van der Waals surface area contributed by atoms with Crippen molar-refractivity contribution in [3.05, 3.63) is 80.2 Å². The van der Waals surface area contributed by atoms with E-state index in [1.165, 1.54) is 28.8 Å². The fraction of sp³-hybridized carbons (Fsp3) is 0.111. The Morgan fingerprint density at radius 2 is 1.88 bits per heavy atom. The number of hydrogen-bond acceptors (Lipinski definition) is 5. The van der Waals surface area contributed by atoms with Crippen LogP contribution in [-0.4, -0.2) is 20.1 Å². The molecule has 0 aliphatic carbocycles. The van der Waals surface area contributed by atoms with Crippen LogP contribution in [0.15, 0.2) is 53.4 Å². The van der Waals surface area contributed by atoms with Gasteiger partial charge in [-0.1, -0.05) is 65.9 Å². The molecule has 0 atom stereocenters. The first-order valence-electron chi connectivity index (χ1n) is 7.50. The number of rotatable bonds is 4. The lowest BCUT2D eigenvalue weighted by Gasteiger charge is -2.14. The molecule has 3 rings (SSSR count). The van der Waals surface area contributed by atoms with Crippen molar-refractivity contribution in [1.82, 2.24) is 4.90 Å². The average molecular weight is 370 g/mol. The number of nitrogens with zero attached hydrogens (tertiary/aromatic N) is 2. The summed E-state index contributed by atoms with van der Waals surface area (Å²) >= 11 is 6.48. The van der Waals surface area contributed by atoms with E-state index in [9.17, 15) is 14.9 Å². The molecule has 0 aromatic heterocycles. The molecule has 126 valence electrons. The van der Waals surface area contributed by atoms with E-state index in [4.69, 9.17) is 12.2 Å². The average Bonchev–Trinajstić information content (AvgIpc) is 2.84. The van der Waals surface area contributed by atoms with Crippen molar-refractivity contribution in [2.75, 3.05) is 0 Å². The number of benzene rings is 2. The Bertz CT molecular complexity index is 891. The maximum atomic E-state index is 12.7. The molecule has 0 bridgehead atoms. The minimum absolute atomic E-state index is 0.0358. The topological polar surface area (TPSA) is 63.5 Å². The molecule has 7 heteroatoms. The zero-order valence-electron chi connectivity index (χ0n) is 13.3. The normalized spacial score (nSPS) is 15.9. The minimum atomic E-state index is -0.459.